The fraction of sp³-hybridized carbons (Fsp3) is 0.480. The van der Waals surface area contributed by atoms with Crippen LogP contribution in [0.5, 0.6) is 0 Å². The van der Waals surface area contributed by atoms with E-state index in [-0.39, 0.29) is 12.0 Å². The minimum Gasteiger partial charge on any atom is -0.444 e. The van der Waals surface area contributed by atoms with Gasteiger partial charge in [-0.2, -0.15) is 0 Å². The maximum absolute atomic E-state index is 13.0. The van der Waals surface area contributed by atoms with Gasteiger partial charge in [-0.25, -0.2) is 4.79 Å². The van der Waals surface area contributed by atoms with Gasteiger partial charge in [0.2, 0.25) is 0 Å². The minimum atomic E-state index is -0.548. The predicted molar refractivity (Wildman–Crippen MR) is 129 cm³/mol. The number of hydrogen-bond acceptors (Lipinski definition) is 6. The van der Waals surface area contributed by atoms with E-state index in [2.05, 4.69) is 15.2 Å². The van der Waals surface area contributed by atoms with Gasteiger partial charge in [0, 0.05) is 43.1 Å². The summed E-state index contributed by atoms with van der Waals surface area (Å²) in [5.74, 6) is -0.270. The quantitative estimate of drug-likeness (QED) is 0.679. The van der Waals surface area contributed by atoms with E-state index in [1.54, 1.807) is 17.2 Å². The Morgan fingerprint density at radius 1 is 1.09 bits per heavy atom. The van der Waals surface area contributed by atoms with Crippen LogP contribution < -0.4 is 16.0 Å². The number of nitrogen functional groups attached to an aromatic ring is 1. The highest BCUT2D eigenvalue weighted by atomic mass is 16.6. The normalized spacial score (nSPS) is 16.2. The number of ether oxygens (including phenoxy) is 1. The first-order chi connectivity index (χ1) is 15.7. The van der Waals surface area contributed by atoms with E-state index in [9.17, 15) is 9.59 Å². The number of nitrogens with one attached hydrogen (secondary N) is 1. The Morgan fingerprint density at radius 3 is 2.58 bits per heavy atom. The van der Waals surface area contributed by atoms with Crippen LogP contribution >= 0.6 is 0 Å². The number of rotatable bonds is 3. The number of piperidine rings is 1. The summed E-state index contributed by atoms with van der Waals surface area (Å²) in [7, 11) is 0. The summed E-state index contributed by atoms with van der Waals surface area (Å²) in [6, 6.07) is 7.51. The third-order valence-corrected chi connectivity index (χ3v) is 5.95. The smallest absolute Gasteiger partial charge is 0.410 e. The van der Waals surface area contributed by atoms with E-state index < -0.39 is 5.60 Å². The second-order valence-electron chi connectivity index (χ2n) is 9.76. The monoisotopic (exact) mass is 451 g/mol. The van der Waals surface area contributed by atoms with Gasteiger partial charge in [-0.1, -0.05) is 0 Å². The Bertz CT molecular complexity index is 1040. The molecule has 3 N–H and O–H groups in total. The molecular formula is C25H33N5O3. The van der Waals surface area contributed by atoms with Crippen LogP contribution in [0.3, 0.4) is 0 Å². The number of fused-ring (bicyclic) bond motifs is 1. The maximum atomic E-state index is 13.0. The first-order valence-electron chi connectivity index (χ1n) is 11.6. The van der Waals surface area contributed by atoms with Crippen LogP contribution in [0.1, 0.15) is 61.6 Å². The summed E-state index contributed by atoms with van der Waals surface area (Å²) in [6.07, 6.45) is 5.53. The van der Waals surface area contributed by atoms with Gasteiger partial charge in [0.1, 0.15) is 5.60 Å². The lowest BCUT2D eigenvalue weighted by Crippen LogP contribution is -2.40. The fourth-order valence-corrected chi connectivity index (χ4v) is 4.27. The number of hydrogen-bond donors (Lipinski definition) is 2. The van der Waals surface area contributed by atoms with E-state index in [0.717, 1.165) is 42.9 Å². The molecule has 2 amide bonds. The van der Waals surface area contributed by atoms with Gasteiger partial charge < -0.3 is 25.6 Å². The van der Waals surface area contributed by atoms with Gasteiger partial charge in [-0.15, -0.1) is 0 Å². The Labute approximate surface area is 195 Å². The SMILES string of the molecule is CC(C)(C)OC(=O)N1CCc2ncc(NC(=O)c3cc(N4CCCCC4)ccc3N)cc2C1. The predicted octanol–water partition coefficient (Wildman–Crippen LogP) is 4.20. The summed E-state index contributed by atoms with van der Waals surface area (Å²) in [5, 5.41) is 2.93. The molecule has 176 valence electrons. The molecule has 0 atom stereocenters. The van der Waals surface area contributed by atoms with Crippen LogP contribution in [-0.2, 0) is 17.7 Å². The van der Waals surface area contributed by atoms with E-state index >= 15 is 0 Å². The van der Waals surface area contributed by atoms with Crippen molar-refractivity contribution < 1.29 is 14.3 Å². The van der Waals surface area contributed by atoms with Crippen LogP contribution in [-0.4, -0.2) is 47.1 Å². The van der Waals surface area contributed by atoms with Gasteiger partial charge in [-0.05, 0) is 69.9 Å². The summed E-state index contributed by atoms with van der Waals surface area (Å²) in [6.45, 7) is 8.49. The highest BCUT2D eigenvalue weighted by Crippen LogP contribution is 2.26. The molecule has 0 radical (unpaired) electrons. The molecule has 1 fully saturated rings. The Balaban J connectivity index is 1.47. The van der Waals surface area contributed by atoms with Crippen molar-refractivity contribution in [2.75, 3.05) is 35.6 Å². The molecule has 0 bridgehead atoms. The molecule has 0 spiro atoms. The average Bonchev–Trinajstić information content (AvgIpc) is 2.78. The minimum absolute atomic E-state index is 0.270. The molecule has 0 unspecified atom stereocenters. The molecule has 2 aliphatic rings. The van der Waals surface area contributed by atoms with Crippen LogP contribution in [0, 0.1) is 0 Å². The van der Waals surface area contributed by atoms with Crippen LogP contribution in [0.4, 0.5) is 21.9 Å². The van der Waals surface area contributed by atoms with Crippen molar-refractivity contribution in [3.05, 3.63) is 47.3 Å². The number of carbonyl (C=O) groups excluding carboxylic acids is 2. The first kappa shape index (κ1) is 22.9. The zero-order valence-electron chi connectivity index (χ0n) is 19.7. The van der Waals surface area contributed by atoms with Crippen molar-refractivity contribution in [3.8, 4) is 0 Å². The standard InChI is InChI=1S/C25H33N5O3/c1-25(2,3)33-24(32)30-12-9-22-17(16-30)13-18(15-27-22)28-23(31)20-14-19(7-8-21(20)26)29-10-5-4-6-11-29/h7-8,13-15H,4-6,9-12,16,26H2,1-3H3,(H,28,31). The highest BCUT2D eigenvalue weighted by molar-refractivity contribution is 6.08. The van der Waals surface area contributed by atoms with Gasteiger partial charge >= 0.3 is 6.09 Å². The lowest BCUT2D eigenvalue weighted by atomic mass is 10.1. The molecule has 1 aromatic heterocycles. The molecule has 33 heavy (non-hydrogen) atoms. The molecule has 8 heteroatoms. The number of nitrogens with two attached hydrogens (primary N) is 1. The largest absolute Gasteiger partial charge is 0.444 e. The molecule has 8 nitrogen and oxygen atoms in total. The maximum Gasteiger partial charge on any atom is 0.410 e. The third kappa shape index (κ3) is 5.56. The first-order valence-corrected chi connectivity index (χ1v) is 11.6. The molecule has 4 rings (SSSR count). The van der Waals surface area contributed by atoms with E-state index in [4.69, 9.17) is 10.5 Å². The van der Waals surface area contributed by atoms with E-state index in [1.165, 1.54) is 6.42 Å². The number of carbonyl (C=O) groups is 2. The van der Waals surface area contributed by atoms with Crippen molar-refractivity contribution in [1.29, 1.82) is 0 Å². The van der Waals surface area contributed by atoms with Gasteiger partial charge in [-0.3, -0.25) is 9.78 Å². The molecule has 0 aliphatic carbocycles. The van der Waals surface area contributed by atoms with Gasteiger partial charge in [0.15, 0.2) is 0 Å². The molecule has 0 saturated carbocycles. The van der Waals surface area contributed by atoms with Crippen LogP contribution in [0.15, 0.2) is 30.5 Å². The van der Waals surface area contributed by atoms with Crippen molar-refractivity contribution >= 4 is 29.1 Å². The van der Waals surface area contributed by atoms with Gasteiger partial charge in [0.05, 0.1) is 24.0 Å². The van der Waals surface area contributed by atoms with Crippen LogP contribution in [0.25, 0.3) is 0 Å². The second-order valence-corrected chi connectivity index (χ2v) is 9.76. The number of anilines is 3. The molecule has 2 aromatic rings. The highest BCUT2D eigenvalue weighted by Gasteiger charge is 2.26. The fourth-order valence-electron chi connectivity index (χ4n) is 4.27. The number of benzene rings is 1. The Hall–Kier alpha value is -3.29. The molecule has 1 aromatic carbocycles. The number of pyridine rings is 1. The zero-order valence-corrected chi connectivity index (χ0v) is 19.7. The summed E-state index contributed by atoms with van der Waals surface area (Å²) in [5.41, 5.74) is 9.90. The molecule has 1 saturated heterocycles. The Morgan fingerprint density at radius 2 is 1.85 bits per heavy atom. The lowest BCUT2D eigenvalue weighted by molar-refractivity contribution is 0.0222. The number of amides is 2. The van der Waals surface area contributed by atoms with Crippen molar-refractivity contribution in [1.82, 2.24) is 9.88 Å². The summed E-state index contributed by atoms with van der Waals surface area (Å²) in [4.78, 5) is 34.0. The number of nitrogens with zero attached hydrogens (tertiary/aromatic N) is 3. The summed E-state index contributed by atoms with van der Waals surface area (Å²) >= 11 is 0. The lowest BCUT2D eigenvalue weighted by Gasteiger charge is -2.31. The van der Waals surface area contributed by atoms with Crippen molar-refractivity contribution in [2.24, 2.45) is 0 Å². The number of aromatic nitrogens is 1. The van der Waals surface area contributed by atoms with Gasteiger partial charge in [0.25, 0.3) is 5.91 Å². The van der Waals surface area contributed by atoms with E-state index in [1.807, 2.05) is 39.0 Å². The van der Waals surface area contributed by atoms with E-state index in [0.29, 0.717) is 36.4 Å². The summed E-state index contributed by atoms with van der Waals surface area (Å²) < 4.78 is 5.50. The third-order valence-electron chi connectivity index (χ3n) is 5.95. The van der Waals surface area contributed by atoms with Crippen LogP contribution in [0.2, 0.25) is 0 Å². The average molecular weight is 452 g/mol. The van der Waals surface area contributed by atoms with Crippen molar-refractivity contribution in [2.45, 2.75) is 58.6 Å². The second kappa shape index (κ2) is 9.29. The molecular weight excluding hydrogens is 418 g/mol. The zero-order chi connectivity index (χ0) is 23.6. The molecule has 2 aliphatic heterocycles. The van der Waals surface area contributed by atoms with Crippen molar-refractivity contribution in [3.63, 3.8) is 0 Å². The topological polar surface area (TPSA) is 101 Å². The molecule has 3 heterocycles. The Kier molecular flexibility index (Phi) is 6.44.